The number of nitrogens with zero attached hydrogens (tertiary/aromatic N) is 5. The molecule has 1 aliphatic heterocycles. The van der Waals surface area contributed by atoms with E-state index in [0.717, 1.165) is 24.9 Å². The Morgan fingerprint density at radius 2 is 2.24 bits per heavy atom. The summed E-state index contributed by atoms with van der Waals surface area (Å²) in [6.07, 6.45) is 6.29. The molecule has 0 aliphatic carbocycles. The smallest absolute Gasteiger partial charge is 0.280 e. The van der Waals surface area contributed by atoms with E-state index < -0.39 is 0 Å². The predicted octanol–water partition coefficient (Wildman–Crippen LogP) is 2.72. The highest BCUT2D eigenvalue weighted by atomic mass is 19.1. The van der Waals surface area contributed by atoms with Gasteiger partial charge in [0.25, 0.3) is 5.89 Å². The van der Waals surface area contributed by atoms with Crippen molar-refractivity contribution < 1.29 is 8.91 Å². The maximum Gasteiger partial charge on any atom is 0.280 e. The van der Waals surface area contributed by atoms with Gasteiger partial charge in [-0.1, -0.05) is 35.3 Å². The van der Waals surface area contributed by atoms with Gasteiger partial charge in [-0.25, -0.2) is 9.07 Å². The van der Waals surface area contributed by atoms with Gasteiger partial charge in [-0.3, -0.25) is 0 Å². The van der Waals surface area contributed by atoms with Gasteiger partial charge in [0.1, 0.15) is 5.82 Å². The molecule has 3 heterocycles. The Labute approximate surface area is 144 Å². The zero-order valence-corrected chi connectivity index (χ0v) is 13.7. The lowest BCUT2D eigenvalue weighted by atomic mass is 10.1. The van der Waals surface area contributed by atoms with E-state index in [-0.39, 0.29) is 11.9 Å². The highest BCUT2D eigenvalue weighted by molar-refractivity contribution is 5.43. The van der Waals surface area contributed by atoms with Gasteiger partial charge in [0, 0.05) is 0 Å². The van der Waals surface area contributed by atoms with Crippen molar-refractivity contribution in [2.24, 2.45) is 0 Å². The summed E-state index contributed by atoms with van der Waals surface area (Å²) in [6, 6.07) is 6.53. The van der Waals surface area contributed by atoms with E-state index in [0.29, 0.717) is 24.0 Å². The van der Waals surface area contributed by atoms with Gasteiger partial charge in [0.15, 0.2) is 11.5 Å². The molecule has 0 bridgehead atoms. The second-order valence-corrected chi connectivity index (χ2v) is 6.25. The minimum Gasteiger partial charge on any atom is -0.332 e. The number of hydrogen-bond acceptors (Lipinski definition) is 6. The molecule has 7 nitrogen and oxygen atoms in total. The maximum absolute atomic E-state index is 13.3. The second-order valence-electron chi connectivity index (χ2n) is 6.25. The van der Waals surface area contributed by atoms with Crippen molar-refractivity contribution in [1.82, 2.24) is 30.5 Å². The topological polar surface area (TPSA) is 81.7 Å². The largest absolute Gasteiger partial charge is 0.332 e. The monoisotopic (exact) mass is 342 g/mol. The van der Waals surface area contributed by atoms with Crippen LogP contribution >= 0.6 is 0 Å². The van der Waals surface area contributed by atoms with Crippen molar-refractivity contribution in [3.63, 3.8) is 0 Å². The summed E-state index contributed by atoms with van der Waals surface area (Å²) in [5, 5.41) is 15.7. The predicted molar refractivity (Wildman–Crippen MR) is 88.0 cm³/mol. The first-order valence-electron chi connectivity index (χ1n) is 8.50. The fourth-order valence-electron chi connectivity index (χ4n) is 3.03. The van der Waals surface area contributed by atoms with Crippen molar-refractivity contribution in [2.45, 2.75) is 38.3 Å². The van der Waals surface area contributed by atoms with Gasteiger partial charge in [-0.15, -0.1) is 5.10 Å². The molecule has 1 saturated heterocycles. The van der Waals surface area contributed by atoms with Gasteiger partial charge < -0.3 is 9.84 Å². The van der Waals surface area contributed by atoms with Crippen molar-refractivity contribution in [2.75, 3.05) is 6.54 Å². The molecule has 2 aromatic heterocycles. The lowest BCUT2D eigenvalue weighted by Gasteiger charge is -2.09. The number of benzene rings is 1. The van der Waals surface area contributed by atoms with E-state index in [2.05, 4.69) is 25.8 Å². The molecular formula is C17H19FN6O. The SMILES string of the molecule is Fc1cccc(Cn2cc(-c3nc(C4CCCCCN4)no3)nn2)c1. The maximum atomic E-state index is 13.3. The Morgan fingerprint density at radius 3 is 3.16 bits per heavy atom. The fraction of sp³-hybridized carbons (Fsp3) is 0.412. The van der Waals surface area contributed by atoms with Crippen molar-refractivity contribution in [3.05, 3.63) is 47.7 Å². The minimum atomic E-state index is -0.268. The molecule has 1 N–H and O–H groups in total. The zero-order chi connectivity index (χ0) is 17.1. The average Bonchev–Trinajstić information content (AvgIpc) is 3.18. The molecule has 25 heavy (non-hydrogen) atoms. The first-order chi connectivity index (χ1) is 12.3. The van der Waals surface area contributed by atoms with Crippen LogP contribution in [0.1, 0.15) is 43.1 Å². The van der Waals surface area contributed by atoms with Crippen LogP contribution < -0.4 is 5.32 Å². The Hall–Kier alpha value is -2.61. The van der Waals surface area contributed by atoms with E-state index >= 15 is 0 Å². The number of rotatable bonds is 4. The summed E-state index contributed by atoms with van der Waals surface area (Å²) in [6.45, 7) is 1.40. The van der Waals surface area contributed by atoms with Gasteiger partial charge in [-0.2, -0.15) is 4.98 Å². The molecule has 4 rings (SSSR count). The van der Waals surface area contributed by atoms with Crippen LogP contribution in [0.2, 0.25) is 0 Å². The van der Waals surface area contributed by atoms with Crippen LogP contribution in [-0.2, 0) is 6.54 Å². The zero-order valence-electron chi connectivity index (χ0n) is 13.7. The number of aromatic nitrogens is 5. The standard InChI is InChI=1S/C17H19FN6O/c18-13-6-4-5-12(9-13)10-24-11-15(21-23-24)17-20-16(22-25-17)14-7-2-1-3-8-19-14/h4-6,9,11,14,19H,1-3,7-8,10H2. The Bertz CT molecular complexity index is 837. The lowest BCUT2D eigenvalue weighted by molar-refractivity contribution is 0.401. The van der Waals surface area contributed by atoms with Gasteiger partial charge >= 0.3 is 0 Å². The Kier molecular flexibility index (Phi) is 4.51. The number of nitrogens with one attached hydrogen (secondary N) is 1. The van der Waals surface area contributed by atoms with Gasteiger partial charge in [0.05, 0.1) is 18.8 Å². The van der Waals surface area contributed by atoms with Crippen molar-refractivity contribution in [3.8, 4) is 11.6 Å². The van der Waals surface area contributed by atoms with E-state index in [1.807, 2.05) is 6.07 Å². The van der Waals surface area contributed by atoms with Crippen LogP contribution in [0.4, 0.5) is 4.39 Å². The minimum absolute atomic E-state index is 0.127. The molecule has 130 valence electrons. The summed E-state index contributed by atoms with van der Waals surface area (Å²) in [5.41, 5.74) is 1.33. The molecule has 0 saturated carbocycles. The normalized spacial score (nSPS) is 18.2. The van der Waals surface area contributed by atoms with Gasteiger partial charge in [0.2, 0.25) is 0 Å². The quantitative estimate of drug-likeness (QED) is 0.785. The summed E-state index contributed by atoms with van der Waals surface area (Å²) in [4.78, 5) is 4.46. The molecule has 8 heteroatoms. The van der Waals surface area contributed by atoms with Crippen molar-refractivity contribution in [1.29, 1.82) is 0 Å². The Morgan fingerprint density at radius 1 is 1.28 bits per heavy atom. The van der Waals surface area contributed by atoms with Crippen LogP contribution in [0, 0.1) is 5.82 Å². The van der Waals surface area contributed by atoms with Crippen molar-refractivity contribution >= 4 is 0 Å². The van der Waals surface area contributed by atoms with E-state index in [1.54, 1.807) is 16.9 Å². The van der Waals surface area contributed by atoms with E-state index in [9.17, 15) is 4.39 Å². The molecule has 0 spiro atoms. The molecule has 1 unspecified atom stereocenters. The first kappa shape index (κ1) is 15.9. The van der Waals surface area contributed by atoms with Crippen LogP contribution in [0.5, 0.6) is 0 Å². The first-order valence-corrected chi connectivity index (χ1v) is 8.50. The van der Waals surface area contributed by atoms with Crippen LogP contribution in [0.25, 0.3) is 11.6 Å². The molecule has 0 amide bonds. The molecule has 1 aliphatic rings. The summed E-state index contributed by atoms with van der Waals surface area (Å²) in [5.74, 6) is 0.749. The summed E-state index contributed by atoms with van der Waals surface area (Å²) >= 11 is 0. The van der Waals surface area contributed by atoms with Crippen LogP contribution in [0.3, 0.4) is 0 Å². The van der Waals surface area contributed by atoms with Crippen LogP contribution in [0.15, 0.2) is 35.0 Å². The third-order valence-corrected chi connectivity index (χ3v) is 4.31. The third-order valence-electron chi connectivity index (χ3n) is 4.31. The molecule has 1 fully saturated rings. The third kappa shape index (κ3) is 3.74. The highest BCUT2D eigenvalue weighted by Gasteiger charge is 2.21. The molecule has 0 radical (unpaired) electrons. The lowest BCUT2D eigenvalue weighted by Crippen LogP contribution is -2.21. The van der Waals surface area contributed by atoms with E-state index in [1.165, 1.54) is 25.0 Å². The summed E-state index contributed by atoms with van der Waals surface area (Å²) in [7, 11) is 0. The van der Waals surface area contributed by atoms with E-state index in [4.69, 9.17) is 4.52 Å². The molecule has 3 aromatic rings. The number of hydrogen-bond donors (Lipinski definition) is 1. The molecule has 1 atom stereocenters. The average molecular weight is 342 g/mol. The molecular weight excluding hydrogens is 323 g/mol. The summed E-state index contributed by atoms with van der Waals surface area (Å²) < 4.78 is 20.2. The highest BCUT2D eigenvalue weighted by Crippen LogP contribution is 2.23. The molecule has 1 aromatic carbocycles. The van der Waals surface area contributed by atoms with Crippen LogP contribution in [-0.4, -0.2) is 31.7 Å². The van der Waals surface area contributed by atoms with Gasteiger partial charge in [-0.05, 0) is 37.1 Å². The Balaban J connectivity index is 1.48. The fourth-order valence-corrected chi connectivity index (χ4v) is 3.03. The second kappa shape index (κ2) is 7.10. The number of halogens is 1.